The highest BCUT2D eigenvalue weighted by Gasteiger charge is 2.10. The highest BCUT2D eigenvalue weighted by Crippen LogP contribution is 2.15. The number of hydrogen-bond acceptors (Lipinski definition) is 5. The van der Waals surface area contributed by atoms with Crippen molar-refractivity contribution in [2.24, 2.45) is 15.9 Å². The van der Waals surface area contributed by atoms with E-state index in [2.05, 4.69) is 21.1 Å². The van der Waals surface area contributed by atoms with Crippen molar-refractivity contribution in [2.75, 3.05) is 0 Å². The molecule has 0 bridgehead atoms. The smallest absolute Gasteiger partial charge is 0.232 e. The maximum absolute atomic E-state index is 5.97. The quantitative estimate of drug-likeness (QED) is 0.628. The van der Waals surface area contributed by atoms with Crippen molar-refractivity contribution >= 4 is 23.4 Å². The summed E-state index contributed by atoms with van der Waals surface area (Å²) in [6.45, 7) is 0. The van der Waals surface area contributed by atoms with Gasteiger partial charge in [-0.05, 0) is 12.1 Å². The van der Waals surface area contributed by atoms with Crippen molar-refractivity contribution in [1.29, 1.82) is 0 Å². The molecule has 1 aromatic carbocycles. The summed E-state index contributed by atoms with van der Waals surface area (Å²) >= 11 is 5.97. The molecule has 0 amide bonds. The molecule has 0 radical (unpaired) electrons. The lowest BCUT2D eigenvalue weighted by Gasteiger charge is -2.12. The molecule has 1 aliphatic heterocycles. The molecule has 0 saturated heterocycles. The van der Waals surface area contributed by atoms with E-state index < -0.39 is 0 Å². The summed E-state index contributed by atoms with van der Waals surface area (Å²) < 4.78 is 0. The molecule has 6 heteroatoms. The normalized spacial score (nSPS) is 14.9. The van der Waals surface area contributed by atoms with Crippen LogP contribution in [0.25, 0.3) is 0 Å². The van der Waals surface area contributed by atoms with Crippen LogP contribution < -0.4 is 16.6 Å². The molecule has 0 atom stereocenters. The lowest BCUT2D eigenvalue weighted by atomic mass is 10.2. The van der Waals surface area contributed by atoms with Gasteiger partial charge in [0.2, 0.25) is 5.96 Å². The van der Waals surface area contributed by atoms with Crippen LogP contribution in [0.4, 0.5) is 0 Å². The molecule has 14 heavy (non-hydrogen) atoms. The number of halogens is 1. The highest BCUT2D eigenvalue weighted by atomic mass is 35.5. The average Bonchev–Trinajstić information content (AvgIpc) is 2.20. The Hall–Kier alpha value is -1.75. The van der Waals surface area contributed by atoms with E-state index in [1.807, 2.05) is 18.2 Å². The van der Waals surface area contributed by atoms with Gasteiger partial charge in [0, 0.05) is 5.56 Å². The summed E-state index contributed by atoms with van der Waals surface area (Å²) in [7, 11) is 0. The summed E-state index contributed by atoms with van der Waals surface area (Å²) in [6.07, 6.45) is 0. The van der Waals surface area contributed by atoms with Crippen molar-refractivity contribution in [3.63, 3.8) is 0 Å². The molecule has 0 spiro atoms. The number of amidine groups is 1. The van der Waals surface area contributed by atoms with Gasteiger partial charge in [-0.15, -0.1) is 5.10 Å². The average molecular weight is 210 g/mol. The van der Waals surface area contributed by atoms with Crippen LogP contribution in [0.15, 0.2) is 34.5 Å². The van der Waals surface area contributed by atoms with Gasteiger partial charge < -0.3 is 5.73 Å². The number of nitrogens with zero attached hydrogens (tertiary/aromatic N) is 2. The van der Waals surface area contributed by atoms with E-state index in [4.69, 9.17) is 17.3 Å². The second-order valence-corrected chi connectivity index (χ2v) is 3.07. The SMILES string of the molecule is NC1=NNC(c2ccccc2Cl)=NN1. The van der Waals surface area contributed by atoms with Gasteiger partial charge in [0.25, 0.3) is 0 Å². The van der Waals surface area contributed by atoms with Gasteiger partial charge in [-0.2, -0.15) is 5.10 Å². The van der Waals surface area contributed by atoms with Gasteiger partial charge in [-0.3, -0.25) is 5.43 Å². The molecule has 72 valence electrons. The van der Waals surface area contributed by atoms with Crippen LogP contribution >= 0.6 is 11.6 Å². The maximum Gasteiger partial charge on any atom is 0.232 e. The Kier molecular flexibility index (Phi) is 2.24. The number of nitrogens with two attached hydrogens (primary N) is 1. The van der Waals surface area contributed by atoms with Crippen LogP contribution in [-0.4, -0.2) is 11.8 Å². The van der Waals surface area contributed by atoms with Gasteiger partial charge in [-0.1, -0.05) is 23.7 Å². The van der Waals surface area contributed by atoms with Gasteiger partial charge >= 0.3 is 0 Å². The topological polar surface area (TPSA) is 74.8 Å². The molecule has 1 aliphatic rings. The molecule has 0 aromatic heterocycles. The first kappa shape index (κ1) is 8.83. The minimum atomic E-state index is 0.223. The van der Waals surface area contributed by atoms with E-state index in [1.54, 1.807) is 6.07 Å². The van der Waals surface area contributed by atoms with Crippen molar-refractivity contribution in [3.05, 3.63) is 34.9 Å². The second kappa shape index (κ2) is 3.55. The molecule has 2 rings (SSSR count). The third-order valence-electron chi connectivity index (χ3n) is 1.69. The van der Waals surface area contributed by atoms with E-state index in [-0.39, 0.29) is 5.96 Å². The van der Waals surface area contributed by atoms with Crippen molar-refractivity contribution in [3.8, 4) is 0 Å². The molecule has 0 fully saturated rings. The number of benzene rings is 1. The second-order valence-electron chi connectivity index (χ2n) is 2.66. The fourth-order valence-electron chi connectivity index (χ4n) is 1.05. The fourth-order valence-corrected chi connectivity index (χ4v) is 1.28. The predicted molar refractivity (Wildman–Crippen MR) is 55.9 cm³/mol. The monoisotopic (exact) mass is 209 g/mol. The van der Waals surface area contributed by atoms with Crippen molar-refractivity contribution in [2.45, 2.75) is 0 Å². The zero-order valence-electron chi connectivity index (χ0n) is 7.16. The number of nitrogens with one attached hydrogen (secondary N) is 2. The Morgan fingerprint density at radius 2 is 1.93 bits per heavy atom. The van der Waals surface area contributed by atoms with E-state index in [0.717, 1.165) is 5.56 Å². The maximum atomic E-state index is 5.97. The lowest BCUT2D eigenvalue weighted by molar-refractivity contribution is 0.872. The molecule has 1 aromatic rings. The molecule has 5 nitrogen and oxygen atoms in total. The number of hydrogen-bond donors (Lipinski definition) is 3. The van der Waals surface area contributed by atoms with E-state index in [1.165, 1.54) is 0 Å². The van der Waals surface area contributed by atoms with Crippen LogP contribution in [-0.2, 0) is 0 Å². The number of guanidine groups is 1. The Balaban J connectivity index is 2.30. The first-order valence-corrected chi connectivity index (χ1v) is 4.33. The standard InChI is InChI=1S/C8H8ClN5/c9-6-4-2-1-3-5(6)7-11-13-8(10)14-12-7/h1-4H,(H,11,12)(H3,10,13,14). The molecular weight excluding hydrogens is 202 g/mol. The first-order chi connectivity index (χ1) is 6.77. The third-order valence-corrected chi connectivity index (χ3v) is 2.02. The summed E-state index contributed by atoms with van der Waals surface area (Å²) in [5.41, 5.74) is 11.4. The van der Waals surface area contributed by atoms with Crippen LogP contribution in [0, 0.1) is 0 Å². The van der Waals surface area contributed by atoms with Crippen LogP contribution in [0.2, 0.25) is 5.02 Å². The summed E-state index contributed by atoms with van der Waals surface area (Å²) in [6, 6.07) is 7.34. The number of rotatable bonds is 1. The first-order valence-electron chi connectivity index (χ1n) is 3.95. The highest BCUT2D eigenvalue weighted by molar-refractivity contribution is 6.34. The zero-order valence-corrected chi connectivity index (χ0v) is 7.92. The molecule has 0 saturated carbocycles. The Bertz CT molecular complexity index is 412. The van der Waals surface area contributed by atoms with Crippen molar-refractivity contribution < 1.29 is 0 Å². The summed E-state index contributed by atoms with van der Waals surface area (Å²) in [5, 5.41) is 8.34. The molecule has 1 heterocycles. The minimum absolute atomic E-state index is 0.223. The number of hydrazone groups is 2. The van der Waals surface area contributed by atoms with Crippen LogP contribution in [0.3, 0.4) is 0 Å². The van der Waals surface area contributed by atoms with Crippen LogP contribution in [0.1, 0.15) is 5.56 Å². The van der Waals surface area contributed by atoms with Gasteiger partial charge in [0.1, 0.15) is 0 Å². The van der Waals surface area contributed by atoms with Crippen molar-refractivity contribution in [1.82, 2.24) is 10.9 Å². The molecule has 0 aliphatic carbocycles. The largest absolute Gasteiger partial charge is 0.367 e. The van der Waals surface area contributed by atoms with Crippen LogP contribution in [0.5, 0.6) is 0 Å². The Labute approximate surface area is 85.6 Å². The molecular formula is C8H8ClN5. The molecule has 4 N–H and O–H groups in total. The fraction of sp³-hybridized carbons (Fsp3) is 0. The van der Waals surface area contributed by atoms with E-state index >= 15 is 0 Å². The zero-order chi connectivity index (χ0) is 9.97. The molecule has 0 unspecified atom stereocenters. The Morgan fingerprint density at radius 1 is 1.14 bits per heavy atom. The third kappa shape index (κ3) is 1.62. The van der Waals surface area contributed by atoms with Gasteiger partial charge in [0.15, 0.2) is 5.84 Å². The summed E-state index contributed by atoms with van der Waals surface area (Å²) in [4.78, 5) is 0. The Morgan fingerprint density at radius 3 is 2.57 bits per heavy atom. The minimum Gasteiger partial charge on any atom is -0.367 e. The summed E-state index contributed by atoms with van der Waals surface area (Å²) in [5.74, 6) is 0.769. The lowest BCUT2D eigenvalue weighted by Crippen LogP contribution is -2.38. The van der Waals surface area contributed by atoms with Gasteiger partial charge in [-0.25, -0.2) is 5.43 Å². The van der Waals surface area contributed by atoms with Gasteiger partial charge in [0.05, 0.1) is 5.02 Å². The van der Waals surface area contributed by atoms with E-state index in [9.17, 15) is 0 Å². The predicted octanol–water partition coefficient (Wildman–Crippen LogP) is 0.424. The van der Waals surface area contributed by atoms with E-state index in [0.29, 0.717) is 10.9 Å².